The number of esters is 1. The molecule has 0 unspecified atom stereocenters. The van der Waals surface area contributed by atoms with Gasteiger partial charge < -0.3 is 10.1 Å². The van der Waals surface area contributed by atoms with Crippen molar-refractivity contribution in [3.8, 4) is 0 Å². The third-order valence-corrected chi connectivity index (χ3v) is 4.42. The summed E-state index contributed by atoms with van der Waals surface area (Å²) in [5, 5.41) is 13.2. The highest BCUT2D eigenvalue weighted by Crippen LogP contribution is 2.25. The van der Waals surface area contributed by atoms with Gasteiger partial charge in [0.2, 0.25) is 0 Å². The van der Waals surface area contributed by atoms with Crippen LogP contribution in [0.3, 0.4) is 0 Å². The Hall–Kier alpha value is -3.34. The lowest BCUT2D eigenvalue weighted by atomic mass is 10.2. The van der Waals surface area contributed by atoms with Crippen molar-refractivity contribution in [2.45, 2.75) is 4.90 Å². The van der Waals surface area contributed by atoms with Crippen LogP contribution < -0.4 is 5.32 Å². The van der Waals surface area contributed by atoms with E-state index in [2.05, 4.69) is 5.32 Å². The Bertz CT molecular complexity index is 1020. The molecule has 1 amide bonds. The number of ether oxygens (including phenoxy) is 1. The zero-order valence-corrected chi connectivity index (χ0v) is 14.7. The van der Waals surface area contributed by atoms with Crippen molar-refractivity contribution >= 4 is 33.1 Å². The Kier molecular flexibility index (Phi) is 5.85. The largest absolute Gasteiger partial charge is 0.452 e. The highest BCUT2D eigenvalue weighted by atomic mass is 32.2. The molecule has 0 heterocycles. The molecule has 0 fully saturated rings. The van der Waals surface area contributed by atoms with E-state index in [0.717, 1.165) is 30.5 Å². The lowest BCUT2D eigenvalue weighted by molar-refractivity contribution is -0.387. The molecule has 0 atom stereocenters. The average molecular weight is 396 g/mol. The van der Waals surface area contributed by atoms with E-state index in [1.165, 1.54) is 18.2 Å². The number of hydrogen-bond acceptors (Lipinski definition) is 7. The summed E-state index contributed by atoms with van der Waals surface area (Å²) >= 11 is 0. The van der Waals surface area contributed by atoms with Gasteiger partial charge >= 0.3 is 5.97 Å². The summed E-state index contributed by atoms with van der Waals surface area (Å²) in [6.07, 6.45) is 0.792. The van der Waals surface area contributed by atoms with E-state index in [-0.39, 0.29) is 11.3 Å². The van der Waals surface area contributed by atoms with E-state index in [1.54, 1.807) is 0 Å². The first kappa shape index (κ1) is 20.0. The minimum absolute atomic E-state index is 0.105. The van der Waals surface area contributed by atoms with Crippen LogP contribution in [0.15, 0.2) is 47.4 Å². The Morgan fingerprint density at radius 1 is 1.22 bits per heavy atom. The maximum atomic E-state index is 13.4. The summed E-state index contributed by atoms with van der Waals surface area (Å²) in [4.78, 5) is 33.2. The number of hydrogen-bond donors (Lipinski definition) is 1. The van der Waals surface area contributed by atoms with E-state index in [9.17, 15) is 32.5 Å². The SMILES string of the molecule is CS(=O)(=O)c1ccc(C(=O)OCC(=O)Nc2ccccc2F)cc1[N+](=O)[O-]. The summed E-state index contributed by atoms with van der Waals surface area (Å²) in [6.45, 7) is -0.769. The standard InChI is InChI=1S/C16H13FN2O7S/c1-27(24,25)14-7-6-10(8-13(14)19(22)23)16(21)26-9-15(20)18-12-5-3-2-4-11(12)17/h2-8H,9H2,1H3,(H,18,20). The van der Waals surface area contributed by atoms with Gasteiger partial charge in [-0.3, -0.25) is 14.9 Å². The molecule has 2 aromatic rings. The topological polar surface area (TPSA) is 133 Å². The van der Waals surface area contributed by atoms with Gasteiger partial charge in [0.15, 0.2) is 16.4 Å². The second-order valence-corrected chi connectivity index (χ2v) is 7.30. The normalized spacial score (nSPS) is 10.9. The Labute approximate surface area is 152 Å². The van der Waals surface area contributed by atoms with Crippen molar-refractivity contribution in [2.24, 2.45) is 0 Å². The molecule has 0 aromatic heterocycles. The number of nitro groups is 1. The fraction of sp³-hybridized carbons (Fsp3) is 0.125. The number of amides is 1. The number of carbonyl (C=O) groups is 2. The molecule has 1 N–H and O–H groups in total. The summed E-state index contributed by atoms with van der Waals surface area (Å²) < 4.78 is 41.3. The van der Waals surface area contributed by atoms with E-state index in [0.29, 0.717) is 0 Å². The van der Waals surface area contributed by atoms with Gasteiger partial charge in [-0.25, -0.2) is 17.6 Å². The molecule has 0 bridgehead atoms. The summed E-state index contributed by atoms with van der Waals surface area (Å²) in [5.74, 6) is -2.58. The van der Waals surface area contributed by atoms with Crippen molar-refractivity contribution in [3.63, 3.8) is 0 Å². The third kappa shape index (κ3) is 5.07. The Morgan fingerprint density at radius 3 is 2.48 bits per heavy atom. The lowest BCUT2D eigenvalue weighted by Gasteiger charge is -2.08. The molecule has 0 saturated heterocycles. The molecule has 2 rings (SSSR count). The fourth-order valence-electron chi connectivity index (χ4n) is 2.06. The first-order chi connectivity index (χ1) is 12.6. The minimum atomic E-state index is -3.88. The van der Waals surface area contributed by atoms with Crippen molar-refractivity contribution in [2.75, 3.05) is 18.2 Å². The van der Waals surface area contributed by atoms with Crippen LogP contribution in [0, 0.1) is 15.9 Å². The van der Waals surface area contributed by atoms with Crippen molar-refractivity contribution < 1.29 is 32.1 Å². The fourth-order valence-corrected chi connectivity index (χ4v) is 2.89. The van der Waals surface area contributed by atoms with Gasteiger partial charge in [-0.05, 0) is 24.3 Å². The molecule has 2 aromatic carbocycles. The van der Waals surface area contributed by atoms with E-state index in [4.69, 9.17) is 4.74 Å². The molecule has 9 nitrogen and oxygen atoms in total. The lowest BCUT2D eigenvalue weighted by Crippen LogP contribution is -2.21. The number of anilines is 1. The summed E-state index contributed by atoms with van der Waals surface area (Å²) in [7, 11) is -3.88. The van der Waals surface area contributed by atoms with Crippen molar-refractivity contribution in [3.05, 3.63) is 64.0 Å². The van der Waals surface area contributed by atoms with Crippen LogP contribution in [-0.4, -0.2) is 38.1 Å². The number of nitrogens with one attached hydrogen (secondary N) is 1. The molecule has 0 saturated carbocycles. The molecule has 11 heteroatoms. The molecular weight excluding hydrogens is 383 g/mol. The number of benzene rings is 2. The van der Waals surface area contributed by atoms with Gasteiger partial charge in [-0.15, -0.1) is 0 Å². The predicted molar refractivity (Wildman–Crippen MR) is 91.5 cm³/mol. The minimum Gasteiger partial charge on any atom is -0.452 e. The van der Waals surface area contributed by atoms with Gasteiger partial charge in [0.05, 0.1) is 16.2 Å². The van der Waals surface area contributed by atoms with E-state index in [1.807, 2.05) is 0 Å². The highest BCUT2D eigenvalue weighted by molar-refractivity contribution is 7.90. The summed E-state index contributed by atoms with van der Waals surface area (Å²) in [5.41, 5.74) is -1.21. The maximum absolute atomic E-state index is 13.4. The van der Waals surface area contributed by atoms with E-state index >= 15 is 0 Å². The van der Waals surface area contributed by atoms with Gasteiger partial charge in [0.1, 0.15) is 10.7 Å². The first-order valence-corrected chi connectivity index (χ1v) is 9.18. The van der Waals surface area contributed by atoms with Gasteiger partial charge in [0.25, 0.3) is 11.6 Å². The molecular formula is C16H13FN2O7S. The number of para-hydroxylation sites is 1. The Balaban J connectivity index is 2.10. The van der Waals surface area contributed by atoms with E-state index < -0.39 is 49.6 Å². The second-order valence-electron chi connectivity index (χ2n) is 5.32. The van der Waals surface area contributed by atoms with Crippen LogP contribution in [0.4, 0.5) is 15.8 Å². The average Bonchev–Trinajstić information content (AvgIpc) is 2.60. The predicted octanol–water partition coefficient (Wildman–Crippen LogP) is 1.93. The van der Waals surface area contributed by atoms with Crippen molar-refractivity contribution in [1.82, 2.24) is 0 Å². The molecule has 0 spiro atoms. The number of halogens is 1. The van der Waals surface area contributed by atoms with Gasteiger partial charge in [-0.1, -0.05) is 12.1 Å². The molecule has 0 radical (unpaired) electrons. The zero-order chi connectivity index (χ0) is 20.2. The second kappa shape index (κ2) is 7.91. The van der Waals surface area contributed by atoms with Gasteiger partial charge in [0, 0.05) is 12.3 Å². The van der Waals surface area contributed by atoms with Crippen LogP contribution in [0.5, 0.6) is 0 Å². The number of carbonyl (C=O) groups excluding carboxylic acids is 2. The van der Waals surface area contributed by atoms with Crippen LogP contribution >= 0.6 is 0 Å². The molecule has 27 heavy (non-hydrogen) atoms. The zero-order valence-electron chi connectivity index (χ0n) is 13.8. The molecule has 0 aliphatic heterocycles. The monoisotopic (exact) mass is 396 g/mol. The summed E-state index contributed by atoms with van der Waals surface area (Å²) in [6, 6.07) is 8.04. The number of sulfone groups is 1. The van der Waals surface area contributed by atoms with Crippen LogP contribution in [0.2, 0.25) is 0 Å². The third-order valence-electron chi connectivity index (χ3n) is 3.27. The van der Waals surface area contributed by atoms with Crippen LogP contribution in [0.25, 0.3) is 0 Å². The van der Waals surface area contributed by atoms with Crippen molar-refractivity contribution in [1.29, 1.82) is 0 Å². The first-order valence-electron chi connectivity index (χ1n) is 7.29. The smallest absolute Gasteiger partial charge is 0.338 e. The number of rotatable bonds is 6. The van der Waals surface area contributed by atoms with Crippen LogP contribution in [0.1, 0.15) is 10.4 Å². The number of nitro benzene ring substituents is 1. The molecule has 0 aliphatic rings. The van der Waals surface area contributed by atoms with Crippen LogP contribution in [-0.2, 0) is 19.4 Å². The van der Waals surface area contributed by atoms with Gasteiger partial charge in [-0.2, -0.15) is 0 Å². The molecule has 142 valence electrons. The molecule has 0 aliphatic carbocycles. The Morgan fingerprint density at radius 2 is 1.89 bits per heavy atom. The highest BCUT2D eigenvalue weighted by Gasteiger charge is 2.24. The maximum Gasteiger partial charge on any atom is 0.338 e. The quantitative estimate of drug-likeness (QED) is 0.448. The number of nitrogens with zero attached hydrogens (tertiary/aromatic N) is 1.